The Morgan fingerprint density at radius 2 is 1.93 bits per heavy atom. The molecule has 2 aromatic heterocycles. The van der Waals surface area contributed by atoms with Crippen LogP contribution in [0.3, 0.4) is 0 Å². The number of carbonyl (C=O) groups excluding carboxylic acids is 2. The Morgan fingerprint density at radius 1 is 1.11 bits per heavy atom. The molecule has 1 aromatic carbocycles. The van der Waals surface area contributed by atoms with Crippen LogP contribution in [-0.2, 0) is 22.4 Å². The number of anilines is 1. The van der Waals surface area contributed by atoms with E-state index >= 15 is 0 Å². The third-order valence-electron chi connectivity index (χ3n) is 4.73. The predicted molar refractivity (Wildman–Crippen MR) is 110 cm³/mol. The van der Waals surface area contributed by atoms with Crippen LogP contribution in [0.15, 0.2) is 53.2 Å². The molecule has 1 aliphatic heterocycles. The lowest BCUT2D eigenvalue weighted by atomic mass is 9.97. The summed E-state index contributed by atoms with van der Waals surface area (Å²) in [5.41, 5.74) is 2.97. The Kier molecular flexibility index (Phi) is 5.09. The van der Waals surface area contributed by atoms with Crippen LogP contribution in [0.2, 0.25) is 0 Å². The van der Waals surface area contributed by atoms with Crippen molar-refractivity contribution in [2.75, 3.05) is 11.9 Å². The molecular weight excluding hydrogens is 376 g/mol. The summed E-state index contributed by atoms with van der Waals surface area (Å²) in [5, 5.41) is 6.94. The van der Waals surface area contributed by atoms with Crippen LogP contribution >= 0.6 is 22.7 Å². The maximum absolute atomic E-state index is 13.1. The first-order valence-electron chi connectivity index (χ1n) is 8.87. The minimum Gasteiger partial charge on any atom is -0.330 e. The van der Waals surface area contributed by atoms with Crippen LogP contribution in [0.4, 0.5) is 5.69 Å². The van der Waals surface area contributed by atoms with E-state index in [1.807, 2.05) is 35.2 Å². The topological polar surface area (TPSA) is 49.4 Å². The molecular formula is C21H20N2O2S2. The zero-order valence-electron chi connectivity index (χ0n) is 15.0. The molecule has 27 heavy (non-hydrogen) atoms. The molecule has 1 aliphatic rings. The first-order chi connectivity index (χ1) is 13.1. The van der Waals surface area contributed by atoms with E-state index in [1.165, 1.54) is 22.2 Å². The monoisotopic (exact) mass is 396 g/mol. The van der Waals surface area contributed by atoms with Gasteiger partial charge in [0.2, 0.25) is 11.8 Å². The fourth-order valence-electron chi connectivity index (χ4n) is 3.52. The zero-order chi connectivity index (χ0) is 18.8. The SMILES string of the molecule is CC(=O)Nc1ccc(CC(=O)N2CCc3sccc3[C@H]2c2cccs2)cc1. The molecule has 0 fully saturated rings. The van der Waals surface area contributed by atoms with Gasteiger partial charge in [-0.2, -0.15) is 0 Å². The van der Waals surface area contributed by atoms with Crippen molar-refractivity contribution < 1.29 is 9.59 Å². The number of hydrogen-bond donors (Lipinski definition) is 1. The van der Waals surface area contributed by atoms with Gasteiger partial charge in [0, 0.05) is 28.9 Å². The predicted octanol–water partition coefficient (Wildman–Crippen LogP) is 4.48. The van der Waals surface area contributed by atoms with Gasteiger partial charge in [0.1, 0.15) is 0 Å². The highest BCUT2D eigenvalue weighted by Gasteiger charge is 2.33. The van der Waals surface area contributed by atoms with Crippen LogP contribution in [0.1, 0.15) is 33.8 Å². The summed E-state index contributed by atoms with van der Waals surface area (Å²) in [6.07, 6.45) is 1.28. The summed E-state index contributed by atoms with van der Waals surface area (Å²) in [4.78, 5) is 28.9. The molecule has 0 saturated carbocycles. The Labute approximate surface area is 166 Å². The van der Waals surface area contributed by atoms with Crippen molar-refractivity contribution in [3.8, 4) is 0 Å². The first-order valence-corrected chi connectivity index (χ1v) is 10.6. The number of amides is 2. The van der Waals surface area contributed by atoms with E-state index in [2.05, 4.69) is 28.2 Å². The summed E-state index contributed by atoms with van der Waals surface area (Å²) < 4.78 is 0. The Balaban J connectivity index is 1.55. The van der Waals surface area contributed by atoms with E-state index in [0.717, 1.165) is 24.2 Å². The molecule has 2 amide bonds. The molecule has 3 heterocycles. The Morgan fingerprint density at radius 3 is 2.63 bits per heavy atom. The summed E-state index contributed by atoms with van der Waals surface area (Å²) in [5.74, 6) is 0.0371. The average molecular weight is 397 g/mol. The normalized spacial score (nSPS) is 16.0. The lowest BCUT2D eigenvalue weighted by Gasteiger charge is -2.35. The van der Waals surface area contributed by atoms with Crippen LogP contribution in [-0.4, -0.2) is 23.3 Å². The fraction of sp³-hybridized carbons (Fsp3) is 0.238. The highest BCUT2D eigenvalue weighted by Crippen LogP contribution is 2.39. The molecule has 0 bridgehead atoms. The van der Waals surface area contributed by atoms with Gasteiger partial charge in [0.15, 0.2) is 0 Å². The molecule has 138 valence electrons. The second-order valence-electron chi connectivity index (χ2n) is 6.61. The Hall–Kier alpha value is -2.44. The highest BCUT2D eigenvalue weighted by atomic mass is 32.1. The number of hydrogen-bond acceptors (Lipinski definition) is 4. The lowest BCUT2D eigenvalue weighted by molar-refractivity contribution is -0.132. The van der Waals surface area contributed by atoms with E-state index in [-0.39, 0.29) is 17.9 Å². The number of rotatable bonds is 4. The third kappa shape index (κ3) is 3.82. The lowest BCUT2D eigenvalue weighted by Crippen LogP contribution is -2.40. The largest absolute Gasteiger partial charge is 0.330 e. The van der Waals surface area contributed by atoms with E-state index < -0.39 is 0 Å². The summed E-state index contributed by atoms with van der Waals surface area (Å²) in [6, 6.07) is 13.8. The number of thiophene rings is 2. The van der Waals surface area contributed by atoms with E-state index in [0.29, 0.717) is 6.42 Å². The Bertz CT molecular complexity index is 945. The molecule has 1 atom stereocenters. The average Bonchev–Trinajstić information content (AvgIpc) is 3.33. The number of nitrogens with zero attached hydrogens (tertiary/aromatic N) is 1. The molecule has 0 saturated heterocycles. The van der Waals surface area contributed by atoms with Gasteiger partial charge in [-0.1, -0.05) is 18.2 Å². The molecule has 6 heteroatoms. The number of fused-ring (bicyclic) bond motifs is 1. The molecule has 0 aliphatic carbocycles. The molecule has 4 nitrogen and oxygen atoms in total. The van der Waals surface area contributed by atoms with Crippen LogP contribution in [0, 0.1) is 0 Å². The second kappa shape index (κ2) is 7.66. The van der Waals surface area contributed by atoms with Crippen molar-refractivity contribution in [2.45, 2.75) is 25.8 Å². The summed E-state index contributed by atoms with van der Waals surface area (Å²) in [7, 11) is 0. The van der Waals surface area contributed by atoms with Crippen molar-refractivity contribution >= 4 is 40.2 Å². The van der Waals surface area contributed by atoms with Gasteiger partial charge in [0.25, 0.3) is 0 Å². The van der Waals surface area contributed by atoms with Crippen molar-refractivity contribution in [1.82, 2.24) is 4.90 Å². The molecule has 4 rings (SSSR count). The minimum atomic E-state index is -0.0995. The van der Waals surface area contributed by atoms with Gasteiger partial charge in [-0.3, -0.25) is 9.59 Å². The molecule has 0 radical (unpaired) electrons. The van der Waals surface area contributed by atoms with Crippen molar-refractivity contribution in [1.29, 1.82) is 0 Å². The van der Waals surface area contributed by atoms with Gasteiger partial charge >= 0.3 is 0 Å². The molecule has 1 N–H and O–H groups in total. The third-order valence-corrected chi connectivity index (χ3v) is 6.65. The van der Waals surface area contributed by atoms with Gasteiger partial charge in [-0.25, -0.2) is 0 Å². The quantitative estimate of drug-likeness (QED) is 0.707. The van der Waals surface area contributed by atoms with Crippen LogP contribution in [0.5, 0.6) is 0 Å². The highest BCUT2D eigenvalue weighted by molar-refractivity contribution is 7.10. The number of carbonyl (C=O) groups is 2. The number of nitrogens with one attached hydrogen (secondary N) is 1. The fourth-order valence-corrected chi connectivity index (χ4v) is 5.28. The van der Waals surface area contributed by atoms with Gasteiger partial charge in [0.05, 0.1) is 12.5 Å². The van der Waals surface area contributed by atoms with Gasteiger partial charge in [-0.15, -0.1) is 22.7 Å². The number of benzene rings is 1. The smallest absolute Gasteiger partial charge is 0.227 e. The first kappa shape index (κ1) is 17.9. The summed E-state index contributed by atoms with van der Waals surface area (Å²) >= 11 is 3.48. The molecule has 0 unspecified atom stereocenters. The zero-order valence-corrected chi connectivity index (χ0v) is 16.6. The molecule has 0 spiro atoms. The maximum atomic E-state index is 13.1. The van der Waals surface area contributed by atoms with Gasteiger partial charge in [-0.05, 0) is 52.6 Å². The molecule has 3 aromatic rings. The van der Waals surface area contributed by atoms with Crippen LogP contribution < -0.4 is 5.32 Å². The van der Waals surface area contributed by atoms with Crippen molar-refractivity contribution in [3.05, 3.63) is 74.1 Å². The maximum Gasteiger partial charge on any atom is 0.227 e. The van der Waals surface area contributed by atoms with Gasteiger partial charge < -0.3 is 10.2 Å². The van der Waals surface area contributed by atoms with E-state index in [1.54, 1.807) is 22.7 Å². The van der Waals surface area contributed by atoms with E-state index in [4.69, 9.17) is 0 Å². The van der Waals surface area contributed by atoms with Crippen LogP contribution in [0.25, 0.3) is 0 Å². The second-order valence-corrected chi connectivity index (χ2v) is 8.59. The van der Waals surface area contributed by atoms with E-state index in [9.17, 15) is 9.59 Å². The minimum absolute atomic E-state index is 0.0196. The van der Waals surface area contributed by atoms with Crippen molar-refractivity contribution in [3.63, 3.8) is 0 Å². The van der Waals surface area contributed by atoms with Crippen molar-refractivity contribution in [2.24, 2.45) is 0 Å². The summed E-state index contributed by atoms with van der Waals surface area (Å²) in [6.45, 7) is 2.23. The standard InChI is InChI=1S/C21H20N2O2S2/c1-14(24)22-16-6-4-15(5-7-16)13-20(25)23-10-8-18-17(9-12-27-18)21(23)19-3-2-11-26-19/h2-7,9,11-12,21H,8,10,13H2,1H3,(H,22,24)/t21-/m0/s1.